The Balaban J connectivity index is 0.00000387. The molecular formula is C32H50NNaO6S. The van der Waals surface area contributed by atoms with Gasteiger partial charge in [0.25, 0.3) is 10.1 Å². The fraction of sp³-hybridized carbons (Fsp3) is 0.875. The third kappa shape index (κ3) is 4.97. The number of rotatable bonds is 4. The summed E-state index contributed by atoms with van der Waals surface area (Å²) in [4.78, 5) is 18.5. The van der Waals surface area contributed by atoms with Crippen molar-refractivity contribution in [1.29, 1.82) is 0 Å². The average Bonchev–Trinajstić information content (AvgIpc) is 2.83. The van der Waals surface area contributed by atoms with Gasteiger partial charge in [-0.1, -0.05) is 54.0 Å². The second-order valence-corrected chi connectivity index (χ2v) is 17.7. The Bertz CT molecular complexity index is 1260. The van der Waals surface area contributed by atoms with Gasteiger partial charge in [-0.3, -0.25) is 9.35 Å². The van der Waals surface area contributed by atoms with Crippen molar-refractivity contribution in [3.05, 3.63) is 11.6 Å². The van der Waals surface area contributed by atoms with Crippen molar-refractivity contribution in [3.8, 4) is 0 Å². The first-order valence-corrected chi connectivity index (χ1v) is 17.0. The Labute approximate surface area is 269 Å². The largest absolute Gasteiger partial charge is 1.00 e. The number of aliphatic hydroxyl groups is 1. The quantitative estimate of drug-likeness (QED) is 0.220. The van der Waals surface area contributed by atoms with Crippen LogP contribution in [0, 0.1) is 50.2 Å². The van der Waals surface area contributed by atoms with Gasteiger partial charge in [-0.2, -0.15) is 8.42 Å². The fourth-order valence-electron chi connectivity index (χ4n) is 10.8. The number of aliphatic hydroxyl groups excluding tert-OH is 1. The van der Waals surface area contributed by atoms with E-state index in [0.29, 0.717) is 12.8 Å². The van der Waals surface area contributed by atoms with E-state index in [1.807, 2.05) is 13.0 Å². The predicted octanol–water partition coefficient (Wildman–Crippen LogP) is 1.98. The third-order valence-corrected chi connectivity index (χ3v) is 14.4. The molecular weight excluding hydrogens is 549 g/mol. The molecule has 0 unspecified atom stereocenters. The number of aliphatic imine (C=N–C) groups is 1. The van der Waals surface area contributed by atoms with Gasteiger partial charge in [-0.15, -0.1) is 0 Å². The molecule has 4 fully saturated rings. The Morgan fingerprint density at radius 3 is 2.27 bits per heavy atom. The minimum Gasteiger partial charge on any atom is -0.862 e. The zero-order valence-electron chi connectivity index (χ0n) is 26.5. The van der Waals surface area contributed by atoms with Gasteiger partial charge in [0, 0.05) is 5.92 Å². The summed E-state index contributed by atoms with van der Waals surface area (Å²) in [6.07, 6.45) is 9.45. The van der Waals surface area contributed by atoms with Gasteiger partial charge in [0.2, 0.25) is 0 Å². The van der Waals surface area contributed by atoms with Crippen LogP contribution in [0.4, 0.5) is 0 Å². The second kappa shape index (κ2) is 10.4. The maximum Gasteiger partial charge on any atom is 1.00 e. The first-order chi connectivity index (χ1) is 18.2. The van der Waals surface area contributed by atoms with Crippen molar-refractivity contribution in [2.24, 2.45) is 55.2 Å². The second-order valence-electron chi connectivity index (χ2n) is 16.1. The normalized spacial score (nSPS) is 47.6. The van der Waals surface area contributed by atoms with E-state index in [0.717, 1.165) is 44.9 Å². The van der Waals surface area contributed by atoms with Crippen LogP contribution in [0.25, 0.3) is 0 Å². The molecule has 5 aliphatic carbocycles. The van der Waals surface area contributed by atoms with Crippen molar-refractivity contribution in [1.82, 2.24) is 0 Å². The summed E-state index contributed by atoms with van der Waals surface area (Å²) in [6, 6.07) is 0. The number of hydrogen-bond donors (Lipinski definition) is 2. The van der Waals surface area contributed by atoms with E-state index < -0.39 is 21.3 Å². The molecule has 41 heavy (non-hydrogen) atoms. The number of nitrogens with zero attached hydrogens (tertiary/aromatic N) is 1. The van der Waals surface area contributed by atoms with Crippen molar-refractivity contribution >= 4 is 21.8 Å². The minimum atomic E-state index is -4.18. The van der Waals surface area contributed by atoms with Crippen LogP contribution in [0.3, 0.4) is 0 Å². The summed E-state index contributed by atoms with van der Waals surface area (Å²) in [6.45, 7) is 15.5. The molecule has 0 aromatic rings. The van der Waals surface area contributed by atoms with Crippen LogP contribution in [-0.2, 0) is 14.9 Å². The molecule has 0 aromatic heterocycles. The van der Waals surface area contributed by atoms with Crippen LogP contribution in [-0.4, -0.2) is 48.2 Å². The first kappa shape index (κ1) is 33.6. The van der Waals surface area contributed by atoms with E-state index in [2.05, 4.69) is 46.5 Å². The molecule has 0 radical (unpaired) electrons. The van der Waals surface area contributed by atoms with Crippen LogP contribution in [0.5, 0.6) is 0 Å². The zero-order valence-corrected chi connectivity index (χ0v) is 29.4. The molecule has 0 amide bonds. The van der Waals surface area contributed by atoms with Crippen molar-refractivity contribution in [2.45, 2.75) is 112 Å². The Morgan fingerprint density at radius 1 is 1.00 bits per heavy atom. The molecule has 5 rings (SSSR count). The molecule has 4 saturated carbocycles. The molecule has 0 spiro atoms. The molecule has 2 N–H and O–H groups in total. The number of carbonyl (C=O) groups excluding carboxylic acids is 1. The number of allylic oxidation sites excluding steroid dienone is 2. The summed E-state index contributed by atoms with van der Waals surface area (Å²) in [5, 5.41) is 24.2. The smallest absolute Gasteiger partial charge is 0.862 e. The van der Waals surface area contributed by atoms with Crippen LogP contribution in [0.1, 0.15) is 106 Å². The first-order valence-electron chi connectivity index (χ1n) is 15.3. The van der Waals surface area contributed by atoms with Crippen LogP contribution in [0.2, 0.25) is 0 Å². The summed E-state index contributed by atoms with van der Waals surface area (Å²) in [5.41, 5.74) is -0.253. The zero-order chi connectivity index (χ0) is 29.7. The maximum absolute atomic E-state index is 14.4. The maximum atomic E-state index is 14.4. The molecule has 0 saturated heterocycles. The standard InChI is InChI=1S/C32H51NO6S.Na/c1-27(2)23-8-11-32(7)25(30(23,5)10-9-24(27)35)22(34)18-20-21-19-29(4,26(36)33-16-17-40(37,38)39)13-12-28(21,3)14-15-31(20,32)6;/h18,21,23-25,35H,8-17,19H2,1-7H3,(H,33,36)(H,37,38,39);/q;+1/p-1/t21-,23-,24-,25+,28+,29-,30-,31+,32+;/m0./s1. The number of carbonyl (C=O) groups is 1. The van der Waals surface area contributed by atoms with E-state index in [-0.39, 0.29) is 98.7 Å². The Kier molecular flexibility index (Phi) is 8.53. The van der Waals surface area contributed by atoms with Crippen molar-refractivity contribution < 1.29 is 57.5 Å². The molecule has 0 heterocycles. The molecule has 0 bridgehead atoms. The number of fused-ring (bicyclic) bond motifs is 7. The van der Waals surface area contributed by atoms with Gasteiger partial charge in [0.05, 0.1) is 18.4 Å². The van der Waals surface area contributed by atoms with E-state index in [9.17, 15) is 23.4 Å². The minimum absolute atomic E-state index is 0. The summed E-state index contributed by atoms with van der Waals surface area (Å²) in [7, 11) is -4.18. The predicted molar refractivity (Wildman–Crippen MR) is 154 cm³/mol. The van der Waals surface area contributed by atoms with Crippen LogP contribution < -0.4 is 34.7 Å². The molecule has 5 aliphatic rings. The van der Waals surface area contributed by atoms with Crippen LogP contribution in [0.15, 0.2) is 16.6 Å². The van der Waals surface area contributed by atoms with E-state index >= 15 is 0 Å². The summed E-state index contributed by atoms with van der Waals surface area (Å²) < 4.78 is 31.4. The molecule has 0 aliphatic heterocycles. The molecule has 0 aromatic carbocycles. The monoisotopic (exact) mass is 599 g/mol. The van der Waals surface area contributed by atoms with Crippen molar-refractivity contribution in [2.75, 3.05) is 12.3 Å². The van der Waals surface area contributed by atoms with Crippen molar-refractivity contribution in [3.63, 3.8) is 0 Å². The van der Waals surface area contributed by atoms with Gasteiger partial charge < -0.3 is 15.2 Å². The summed E-state index contributed by atoms with van der Waals surface area (Å²) in [5.74, 6) is -0.333. The SMILES string of the molecule is CC1(C)[C@@H](O)CC[C@]2(C)[C@H]3C(=O)C=C4[C@@H]5C[C@@](C)(C([O-])=NCCS(=O)(=O)O)CC[C@]5(C)CC[C@@]4(C)[C@]3(C)CC[C@@H]12.[Na+]. The third-order valence-electron chi connectivity index (χ3n) is 13.7. The van der Waals surface area contributed by atoms with Crippen LogP contribution >= 0.6 is 0 Å². The number of hydrogen-bond acceptors (Lipinski definition) is 6. The number of ketones is 1. The van der Waals surface area contributed by atoms with Gasteiger partial charge in [0.15, 0.2) is 5.78 Å². The van der Waals surface area contributed by atoms with E-state index in [1.165, 1.54) is 5.57 Å². The van der Waals surface area contributed by atoms with Gasteiger partial charge in [-0.25, -0.2) is 0 Å². The average molecular weight is 600 g/mol. The van der Waals surface area contributed by atoms with E-state index in [1.54, 1.807) is 0 Å². The topological polar surface area (TPSA) is 127 Å². The molecule has 226 valence electrons. The molecule has 9 atom stereocenters. The Morgan fingerprint density at radius 2 is 1.63 bits per heavy atom. The molecule has 7 nitrogen and oxygen atoms in total. The van der Waals surface area contributed by atoms with Gasteiger partial charge >= 0.3 is 29.6 Å². The van der Waals surface area contributed by atoms with Gasteiger partial charge in [-0.05, 0) is 114 Å². The summed E-state index contributed by atoms with van der Waals surface area (Å²) >= 11 is 0. The molecule has 9 heteroatoms. The van der Waals surface area contributed by atoms with Gasteiger partial charge in [0.1, 0.15) is 0 Å². The Hall–Kier alpha value is -0.250. The fourth-order valence-corrected chi connectivity index (χ4v) is 11.1. The van der Waals surface area contributed by atoms with E-state index in [4.69, 9.17) is 4.55 Å².